The molecule has 1 unspecified atom stereocenters. The Labute approximate surface area is 92.7 Å². The third-order valence-corrected chi connectivity index (χ3v) is 3.04. The molecule has 2 rings (SSSR count). The van der Waals surface area contributed by atoms with E-state index in [9.17, 15) is 13.2 Å². The fraction of sp³-hybridized carbons (Fsp3) is 0.500. The Morgan fingerprint density at radius 1 is 1.31 bits per heavy atom. The van der Waals surface area contributed by atoms with Crippen LogP contribution in [-0.4, -0.2) is 13.1 Å². The van der Waals surface area contributed by atoms with Gasteiger partial charge in [0.05, 0.1) is 5.56 Å². The number of hydrogen-bond donors (Lipinski definition) is 1. The highest BCUT2D eigenvalue weighted by atomic mass is 19.3. The summed E-state index contributed by atoms with van der Waals surface area (Å²) < 4.78 is 38.9. The van der Waals surface area contributed by atoms with Gasteiger partial charge in [-0.15, -0.1) is 0 Å². The van der Waals surface area contributed by atoms with Gasteiger partial charge in [-0.2, -0.15) is 0 Å². The minimum atomic E-state index is -2.74. The molecule has 0 aromatic heterocycles. The van der Waals surface area contributed by atoms with Crippen LogP contribution in [0.15, 0.2) is 18.2 Å². The Balaban J connectivity index is 2.34. The molecule has 1 heterocycles. The molecule has 0 bridgehead atoms. The van der Waals surface area contributed by atoms with Crippen molar-refractivity contribution in [3.05, 3.63) is 35.1 Å². The van der Waals surface area contributed by atoms with Gasteiger partial charge in [0.15, 0.2) is 0 Å². The monoisotopic (exact) mass is 229 g/mol. The first kappa shape index (κ1) is 11.5. The molecule has 16 heavy (non-hydrogen) atoms. The summed E-state index contributed by atoms with van der Waals surface area (Å²) >= 11 is 0. The number of halogens is 3. The number of benzene rings is 1. The van der Waals surface area contributed by atoms with Gasteiger partial charge in [-0.3, -0.25) is 0 Å². The summed E-state index contributed by atoms with van der Waals surface area (Å²) in [7, 11) is 0. The van der Waals surface area contributed by atoms with Crippen LogP contribution in [0.4, 0.5) is 13.2 Å². The van der Waals surface area contributed by atoms with Gasteiger partial charge in [0.2, 0.25) is 0 Å². The van der Waals surface area contributed by atoms with Gasteiger partial charge in [-0.25, -0.2) is 13.2 Å². The molecule has 1 aromatic rings. The van der Waals surface area contributed by atoms with Crippen LogP contribution in [0.25, 0.3) is 0 Å². The van der Waals surface area contributed by atoms with Crippen molar-refractivity contribution in [1.82, 2.24) is 5.32 Å². The van der Waals surface area contributed by atoms with Crippen LogP contribution in [-0.2, 0) is 0 Å². The van der Waals surface area contributed by atoms with E-state index >= 15 is 0 Å². The van der Waals surface area contributed by atoms with E-state index < -0.39 is 17.8 Å². The number of alkyl halides is 2. The van der Waals surface area contributed by atoms with Gasteiger partial charge < -0.3 is 5.32 Å². The van der Waals surface area contributed by atoms with Crippen molar-refractivity contribution < 1.29 is 13.2 Å². The summed E-state index contributed by atoms with van der Waals surface area (Å²) in [5.41, 5.74) is 0.0402. The average molecular weight is 229 g/mol. The zero-order chi connectivity index (χ0) is 11.5. The third-order valence-electron chi connectivity index (χ3n) is 3.04. The van der Waals surface area contributed by atoms with Crippen molar-refractivity contribution in [2.45, 2.75) is 25.2 Å². The van der Waals surface area contributed by atoms with E-state index in [1.807, 2.05) is 0 Å². The van der Waals surface area contributed by atoms with Crippen molar-refractivity contribution in [2.24, 2.45) is 0 Å². The summed E-state index contributed by atoms with van der Waals surface area (Å²) in [5, 5.41) is 3.15. The quantitative estimate of drug-likeness (QED) is 0.821. The molecule has 0 radical (unpaired) electrons. The highest BCUT2D eigenvalue weighted by molar-refractivity contribution is 5.33. The molecule has 0 amide bonds. The molecule has 0 saturated carbocycles. The lowest BCUT2D eigenvalue weighted by atomic mass is 9.88. The summed E-state index contributed by atoms with van der Waals surface area (Å²) in [4.78, 5) is 0. The van der Waals surface area contributed by atoms with Gasteiger partial charge in [-0.05, 0) is 36.9 Å². The van der Waals surface area contributed by atoms with Crippen LogP contribution in [0.5, 0.6) is 0 Å². The van der Waals surface area contributed by atoms with Gasteiger partial charge in [0, 0.05) is 6.54 Å². The predicted molar refractivity (Wildman–Crippen MR) is 56.2 cm³/mol. The number of rotatable bonds is 2. The van der Waals surface area contributed by atoms with E-state index in [0.29, 0.717) is 12.1 Å². The van der Waals surface area contributed by atoms with Crippen LogP contribution in [0.1, 0.15) is 36.3 Å². The normalized spacial score (nSPS) is 21.4. The van der Waals surface area contributed by atoms with Gasteiger partial charge in [0.25, 0.3) is 6.43 Å². The average Bonchev–Trinajstić information content (AvgIpc) is 2.29. The second-order valence-electron chi connectivity index (χ2n) is 4.09. The van der Waals surface area contributed by atoms with Crippen LogP contribution >= 0.6 is 0 Å². The highest BCUT2D eigenvalue weighted by Crippen LogP contribution is 2.33. The molecule has 1 atom stereocenters. The van der Waals surface area contributed by atoms with Crippen LogP contribution in [0.2, 0.25) is 0 Å². The highest BCUT2D eigenvalue weighted by Gasteiger charge is 2.24. The topological polar surface area (TPSA) is 12.0 Å². The fourth-order valence-electron chi connectivity index (χ4n) is 2.26. The van der Waals surface area contributed by atoms with Crippen molar-refractivity contribution >= 4 is 0 Å². The van der Waals surface area contributed by atoms with E-state index in [4.69, 9.17) is 0 Å². The van der Waals surface area contributed by atoms with Gasteiger partial charge in [0.1, 0.15) is 5.82 Å². The second-order valence-corrected chi connectivity index (χ2v) is 4.09. The second kappa shape index (κ2) is 4.87. The van der Waals surface area contributed by atoms with E-state index in [0.717, 1.165) is 25.5 Å². The molecule has 88 valence electrons. The minimum Gasteiger partial charge on any atom is -0.316 e. The van der Waals surface area contributed by atoms with Crippen LogP contribution < -0.4 is 5.32 Å². The smallest absolute Gasteiger partial charge is 0.266 e. The van der Waals surface area contributed by atoms with E-state index in [2.05, 4.69) is 5.32 Å². The number of nitrogens with one attached hydrogen (secondary N) is 1. The first-order chi connectivity index (χ1) is 7.70. The first-order valence-corrected chi connectivity index (χ1v) is 5.47. The van der Waals surface area contributed by atoms with Crippen LogP contribution in [0, 0.1) is 5.82 Å². The molecule has 1 aliphatic heterocycles. The molecule has 4 heteroatoms. The lowest BCUT2D eigenvalue weighted by Gasteiger charge is -2.25. The minimum absolute atomic E-state index is 0.00782. The zero-order valence-electron chi connectivity index (χ0n) is 8.85. The summed E-state index contributed by atoms with van der Waals surface area (Å²) in [5.74, 6) is -0.786. The lowest BCUT2D eigenvalue weighted by molar-refractivity contribution is 0.144. The molecular weight excluding hydrogens is 215 g/mol. The largest absolute Gasteiger partial charge is 0.316 e. The summed E-state index contributed by atoms with van der Waals surface area (Å²) in [6.45, 7) is 1.57. The van der Waals surface area contributed by atoms with E-state index in [1.165, 1.54) is 6.07 Å². The Morgan fingerprint density at radius 2 is 2.12 bits per heavy atom. The van der Waals surface area contributed by atoms with Gasteiger partial charge in [-0.1, -0.05) is 12.1 Å². The van der Waals surface area contributed by atoms with Crippen molar-refractivity contribution in [2.75, 3.05) is 13.1 Å². The molecule has 1 saturated heterocycles. The van der Waals surface area contributed by atoms with E-state index in [1.54, 1.807) is 6.07 Å². The number of piperidine rings is 1. The standard InChI is InChI=1S/C12H14F3N/c13-10-5-1-4-9(11(10)12(14)15)8-3-2-6-16-7-8/h1,4-5,8,12,16H,2-3,6-7H2. The third kappa shape index (κ3) is 2.21. The molecule has 0 aliphatic carbocycles. The Kier molecular flexibility index (Phi) is 3.49. The summed E-state index contributed by atoms with van der Waals surface area (Å²) in [6, 6.07) is 4.22. The Morgan fingerprint density at radius 3 is 2.75 bits per heavy atom. The molecular formula is C12H14F3N. The zero-order valence-corrected chi connectivity index (χ0v) is 8.85. The summed E-state index contributed by atoms with van der Waals surface area (Å²) in [6.07, 6.45) is -0.946. The lowest BCUT2D eigenvalue weighted by Crippen LogP contribution is -2.29. The Bertz CT molecular complexity index is 359. The fourth-order valence-corrected chi connectivity index (χ4v) is 2.26. The molecule has 1 N–H and O–H groups in total. The predicted octanol–water partition coefficient (Wildman–Crippen LogP) is 3.23. The first-order valence-electron chi connectivity index (χ1n) is 5.47. The molecule has 1 aromatic carbocycles. The van der Waals surface area contributed by atoms with Crippen LogP contribution in [0.3, 0.4) is 0 Å². The molecule has 1 nitrogen and oxygen atoms in total. The molecule has 0 spiro atoms. The SMILES string of the molecule is Fc1cccc(C2CCCNC2)c1C(F)F. The van der Waals surface area contributed by atoms with E-state index in [-0.39, 0.29) is 5.92 Å². The number of hydrogen-bond acceptors (Lipinski definition) is 1. The maximum atomic E-state index is 13.4. The Hall–Kier alpha value is -1.03. The molecule has 1 aliphatic rings. The van der Waals surface area contributed by atoms with Crippen molar-refractivity contribution in [3.8, 4) is 0 Å². The maximum Gasteiger partial charge on any atom is 0.266 e. The maximum absolute atomic E-state index is 13.4. The van der Waals surface area contributed by atoms with Crippen molar-refractivity contribution in [1.29, 1.82) is 0 Å². The van der Waals surface area contributed by atoms with Gasteiger partial charge >= 0.3 is 0 Å². The van der Waals surface area contributed by atoms with Crippen molar-refractivity contribution in [3.63, 3.8) is 0 Å². The molecule has 1 fully saturated rings.